The van der Waals surface area contributed by atoms with Crippen LogP contribution in [-0.2, 0) is 6.54 Å². The normalized spacial score (nSPS) is 18.5. The molecule has 0 spiro atoms. The highest BCUT2D eigenvalue weighted by molar-refractivity contribution is 5.19. The molecule has 1 aromatic rings. The lowest BCUT2D eigenvalue weighted by Crippen LogP contribution is -2.31. The second-order valence-corrected chi connectivity index (χ2v) is 3.58. The van der Waals surface area contributed by atoms with Gasteiger partial charge in [0, 0.05) is 0 Å². The summed E-state index contributed by atoms with van der Waals surface area (Å²) in [7, 11) is 1.97. The van der Waals surface area contributed by atoms with Gasteiger partial charge in [-0.3, -0.25) is 4.90 Å². The van der Waals surface area contributed by atoms with E-state index in [-0.39, 0.29) is 5.54 Å². The average molecular weight is 176 g/mol. The summed E-state index contributed by atoms with van der Waals surface area (Å²) in [5.74, 6) is 0.920. The van der Waals surface area contributed by atoms with Crippen LogP contribution in [0.4, 0.5) is 0 Å². The van der Waals surface area contributed by atoms with Gasteiger partial charge in [-0.25, -0.2) is 0 Å². The summed E-state index contributed by atoms with van der Waals surface area (Å²) in [4.78, 5) is 2.06. The Kier molecular flexibility index (Phi) is 1.86. The van der Waals surface area contributed by atoms with Crippen LogP contribution >= 0.6 is 0 Å². The minimum absolute atomic E-state index is 0.202. The Balaban J connectivity index is 2.00. The first-order valence-electron chi connectivity index (χ1n) is 4.42. The molecule has 0 radical (unpaired) electrons. The topological polar surface area (TPSA) is 40.2 Å². The van der Waals surface area contributed by atoms with Gasteiger partial charge in [0.1, 0.15) is 11.3 Å². The van der Waals surface area contributed by atoms with Crippen molar-refractivity contribution in [2.45, 2.75) is 24.9 Å². The SMILES string of the molecule is CN(Cc1ccco1)C1(C#N)CC1. The maximum absolute atomic E-state index is 8.93. The fourth-order valence-corrected chi connectivity index (χ4v) is 1.48. The molecule has 0 aliphatic heterocycles. The Morgan fingerprint density at radius 3 is 2.92 bits per heavy atom. The standard InChI is InChI=1S/C10H12N2O/c1-12(10(8-11)4-5-10)7-9-3-2-6-13-9/h2-3,6H,4-5,7H2,1H3. The maximum atomic E-state index is 8.93. The van der Waals surface area contributed by atoms with Crippen LogP contribution in [0.2, 0.25) is 0 Å². The van der Waals surface area contributed by atoms with E-state index in [0.29, 0.717) is 0 Å². The first kappa shape index (κ1) is 8.33. The summed E-state index contributed by atoms with van der Waals surface area (Å²) in [6, 6.07) is 6.15. The first-order chi connectivity index (χ1) is 6.27. The van der Waals surface area contributed by atoms with Crippen LogP contribution in [-0.4, -0.2) is 17.5 Å². The van der Waals surface area contributed by atoms with Gasteiger partial charge < -0.3 is 4.42 Å². The second kappa shape index (κ2) is 2.90. The molecule has 13 heavy (non-hydrogen) atoms. The molecule has 68 valence electrons. The van der Waals surface area contributed by atoms with Crippen LogP contribution in [0.5, 0.6) is 0 Å². The van der Waals surface area contributed by atoms with Crippen LogP contribution < -0.4 is 0 Å². The largest absolute Gasteiger partial charge is 0.468 e. The minimum atomic E-state index is -0.202. The van der Waals surface area contributed by atoms with E-state index in [4.69, 9.17) is 9.68 Å². The molecule has 3 nitrogen and oxygen atoms in total. The highest BCUT2D eigenvalue weighted by Crippen LogP contribution is 2.40. The Labute approximate surface area is 77.6 Å². The van der Waals surface area contributed by atoms with Gasteiger partial charge in [-0.05, 0) is 32.0 Å². The quantitative estimate of drug-likeness (QED) is 0.704. The Morgan fingerprint density at radius 2 is 2.46 bits per heavy atom. The summed E-state index contributed by atoms with van der Waals surface area (Å²) in [6.45, 7) is 0.723. The average Bonchev–Trinajstić information content (AvgIpc) is 2.79. The fourth-order valence-electron chi connectivity index (χ4n) is 1.48. The number of nitrogens with zero attached hydrogens (tertiary/aromatic N) is 2. The van der Waals surface area contributed by atoms with Gasteiger partial charge in [0.25, 0.3) is 0 Å². The lowest BCUT2D eigenvalue weighted by molar-refractivity contribution is 0.240. The zero-order chi connectivity index (χ0) is 9.31. The van der Waals surface area contributed by atoms with E-state index >= 15 is 0 Å². The van der Waals surface area contributed by atoms with E-state index in [9.17, 15) is 0 Å². The van der Waals surface area contributed by atoms with Gasteiger partial charge in [0.05, 0.1) is 18.9 Å². The molecular formula is C10H12N2O. The molecular weight excluding hydrogens is 164 g/mol. The molecule has 1 fully saturated rings. The monoisotopic (exact) mass is 176 g/mol. The predicted molar refractivity (Wildman–Crippen MR) is 47.8 cm³/mol. The van der Waals surface area contributed by atoms with Crippen molar-refractivity contribution in [3.8, 4) is 6.07 Å². The van der Waals surface area contributed by atoms with Gasteiger partial charge >= 0.3 is 0 Å². The summed E-state index contributed by atoms with van der Waals surface area (Å²) in [6.07, 6.45) is 3.64. The number of furan rings is 1. The Hall–Kier alpha value is -1.27. The lowest BCUT2D eigenvalue weighted by Gasteiger charge is -2.19. The summed E-state index contributed by atoms with van der Waals surface area (Å²) in [5.41, 5.74) is -0.202. The Morgan fingerprint density at radius 1 is 1.69 bits per heavy atom. The molecule has 0 N–H and O–H groups in total. The molecule has 1 aromatic heterocycles. The zero-order valence-corrected chi connectivity index (χ0v) is 7.66. The first-order valence-corrected chi connectivity index (χ1v) is 4.42. The van der Waals surface area contributed by atoms with Crippen molar-refractivity contribution < 1.29 is 4.42 Å². The third-order valence-electron chi connectivity index (χ3n) is 2.64. The molecule has 2 rings (SSSR count). The highest BCUT2D eigenvalue weighted by atomic mass is 16.3. The van der Waals surface area contributed by atoms with Crippen molar-refractivity contribution in [1.29, 1.82) is 5.26 Å². The number of hydrogen-bond donors (Lipinski definition) is 0. The van der Waals surface area contributed by atoms with Crippen LogP contribution in [0.3, 0.4) is 0 Å². The van der Waals surface area contributed by atoms with Crippen LogP contribution in [0.25, 0.3) is 0 Å². The van der Waals surface area contributed by atoms with Crippen molar-refractivity contribution in [3.63, 3.8) is 0 Å². The molecule has 1 aliphatic carbocycles. The molecule has 0 unspecified atom stereocenters. The van der Waals surface area contributed by atoms with Crippen LogP contribution in [0.15, 0.2) is 22.8 Å². The summed E-state index contributed by atoms with van der Waals surface area (Å²) >= 11 is 0. The zero-order valence-electron chi connectivity index (χ0n) is 7.66. The molecule has 3 heteroatoms. The van der Waals surface area contributed by atoms with E-state index in [1.54, 1.807) is 6.26 Å². The maximum Gasteiger partial charge on any atom is 0.117 e. The molecule has 1 heterocycles. The van der Waals surface area contributed by atoms with Gasteiger partial charge in [0.15, 0.2) is 0 Å². The predicted octanol–water partition coefficient (Wildman–Crippen LogP) is 1.77. The van der Waals surface area contributed by atoms with Crippen molar-refractivity contribution in [2.24, 2.45) is 0 Å². The molecule has 1 saturated carbocycles. The van der Waals surface area contributed by atoms with E-state index in [1.165, 1.54) is 0 Å². The molecule has 0 aromatic carbocycles. The van der Waals surface area contributed by atoms with Gasteiger partial charge in [-0.1, -0.05) is 0 Å². The molecule has 0 saturated heterocycles. The number of rotatable bonds is 3. The number of hydrogen-bond acceptors (Lipinski definition) is 3. The highest BCUT2D eigenvalue weighted by Gasteiger charge is 2.47. The van der Waals surface area contributed by atoms with Gasteiger partial charge in [0.2, 0.25) is 0 Å². The molecule has 0 amide bonds. The van der Waals surface area contributed by atoms with Crippen LogP contribution in [0.1, 0.15) is 18.6 Å². The second-order valence-electron chi connectivity index (χ2n) is 3.58. The Bertz CT molecular complexity index is 319. The van der Waals surface area contributed by atoms with Gasteiger partial charge in [-0.15, -0.1) is 0 Å². The molecule has 1 aliphatic rings. The van der Waals surface area contributed by atoms with Crippen molar-refractivity contribution in [2.75, 3.05) is 7.05 Å². The smallest absolute Gasteiger partial charge is 0.117 e. The third kappa shape index (κ3) is 1.45. The van der Waals surface area contributed by atoms with Crippen molar-refractivity contribution in [3.05, 3.63) is 24.2 Å². The van der Waals surface area contributed by atoms with Gasteiger partial charge in [-0.2, -0.15) is 5.26 Å². The van der Waals surface area contributed by atoms with Crippen molar-refractivity contribution >= 4 is 0 Å². The van der Waals surface area contributed by atoms with E-state index in [0.717, 1.165) is 25.1 Å². The lowest BCUT2D eigenvalue weighted by atomic mass is 10.2. The minimum Gasteiger partial charge on any atom is -0.468 e. The summed E-state index contributed by atoms with van der Waals surface area (Å²) in [5, 5.41) is 8.93. The van der Waals surface area contributed by atoms with E-state index in [2.05, 4.69) is 11.0 Å². The van der Waals surface area contributed by atoms with Crippen LogP contribution in [0, 0.1) is 11.3 Å². The van der Waals surface area contributed by atoms with E-state index < -0.39 is 0 Å². The van der Waals surface area contributed by atoms with Crippen molar-refractivity contribution in [1.82, 2.24) is 4.90 Å². The van der Waals surface area contributed by atoms with E-state index in [1.807, 2.05) is 19.2 Å². The fraction of sp³-hybridized carbons (Fsp3) is 0.500. The number of nitriles is 1. The third-order valence-corrected chi connectivity index (χ3v) is 2.64. The molecule has 0 bridgehead atoms. The molecule has 0 atom stereocenters. The summed E-state index contributed by atoms with van der Waals surface area (Å²) < 4.78 is 5.22.